The van der Waals surface area contributed by atoms with E-state index in [0.29, 0.717) is 29.9 Å². The molecule has 1 aliphatic heterocycles. The monoisotopic (exact) mass is 484 g/mol. The first-order valence-corrected chi connectivity index (χ1v) is 11.2. The highest BCUT2D eigenvalue weighted by molar-refractivity contribution is 9.08. The molecule has 1 amide bonds. The quantitative estimate of drug-likeness (QED) is 0.457. The van der Waals surface area contributed by atoms with Gasteiger partial charge in [0.25, 0.3) is 5.91 Å². The van der Waals surface area contributed by atoms with Gasteiger partial charge in [-0.2, -0.15) is 0 Å². The number of carbonyl (C=O) groups excluding carboxylic acids is 1. The number of aryl methyl sites for hydroxylation is 2. The van der Waals surface area contributed by atoms with Crippen LogP contribution in [0.15, 0.2) is 34.9 Å². The third kappa shape index (κ3) is 4.06. The summed E-state index contributed by atoms with van der Waals surface area (Å²) in [7, 11) is 3.25. The first kappa shape index (κ1) is 21.4. The Hall–Kier alpha value is -2.80. The Bertz CT molecular complexity index is 1100. The van der Waals surface area contributed by atoms with E-state index in [1.54, 1.807) is 14.2 Å². The second kappa shape index (κ2) is 8.75. The van der Waals surface area contributed by atoms with Gasteiger partial charge in [0, 0.05) is 35.6 Å². The number of alkyl halides is 1. The van der Waals surface area contributed by atoms with Gasteiger partial charge in [-0.05, 0) is 66.8 Å². The van der Waals surface area contributed by atoms with Crippen LogP contribution in [0.4, 0.5) is 0 Å². The van der Waals surface area contributed by atoms with Crippen LogP contribution in [-0.2, 0) is 18.3 Å². The number of rotatable bonds is 6. The summed E-state index contributed by atoms with van der Waals surface area (Å²) in [4.78, 5) is 15.4. The number of hydrogen-bond donors (Lipinski definition) is 0. The normalized spacial score (nSPS) is 13.3. The smallest absolute Gasteiger partial charge is 0.254 e. The molecule has 1 aromatic heterocycles. The number of carbonyl (C=O) groups is 1. The number of aromatic nitrogens is 1. The molecule has 0 aliphatic carbocycles. The maximum Gasteiger partial charge on any atom is 0.254 e. The van der Waals surface area contributed by atoms with Crippen molar-refractivity contribution in [2.45, 2.75) is 32.1 Å². The van der Waals surface area contributed by atoms with Crippen LogP contribution in [0.2, 0.25) is 0 Å². The predicted octanol–water partition coefficient (Wildman–Crippen LogP) is 5.07. The van der Waals surface area contributed by atoms with Gasteiger partial charge in [-0.15, -0.1) is 0 Å². The van der Waals surface area contributed by atoms with Crippen molar-refractivity contribution in [2.24, 2.45) is 0 Å². The number of fused-ring (bicyclic) bond motifs is 1. The van der Waals surface area contributed by atoms with E-state index in [1.165, 1.54) is 0 Å². The Morgan fingerprint density at radius 2 is 1.71 bits per heavy atom. The molecule has 162 valence electrons. The van der Waals surface area contributed by atoms with Crippen LogP contribution in [0.25, 0.3) is 11.1 Å². The molecule has 6 nitrogen and oxygen atoms in total. The summed E-state index contributed by atoms with van der Waals surface area (Å²) in [5, 5.41) is 4.78. The van der Waals surface area contributed by atoms with Crippen LogP contribution >= 0.6 is 15.9 Å². The molecule has 3 aromatic rings. The fourth-order valence-corrected chi connectivity index (χ4v) is 4.53. The van der Waals surface area contributed by atoms with Gasteiger partial charge < -0.3 is 18.9 Å². The highest BCUT2D eigenvalue weighted by Gasteiger charge is 2.29. The number of ether oxygens (including phenoxy) is 2. The average molecular weight is 485 g/mol. The molecule has 0 unspecified atom stereocenters. The second-order valence-corrected chi connectivity index (χ2v) is 8.26. The summed E-state index contributed by atoms with van der Waals surface area (Å²) in [5.74, 6) is 2.21. The lowest BCUT2D eigenvalue weighted by molar-refractivity contribution is 0.0727. The first-order chi connectivity index (χ1) is 14.9. The topological polar surface area (TPSA) is 64.8 Å². The first-order valence-electron chi connectivity index (χ1n) is 10.1. The molecule has 31 heavy (non-hydrogen) atoms. The molecule has 0 saturated carbocycles. The van der Waals surface area contributed by atoms with Crippen molar-refractivity contribution in [3.8, 4) is 22.6 Å². The van der Waals surface area contributed by atoms with Crippen LogP contribution in [-0.4, -0.2) is 36.7 Å². The maximum atomic E-state index is 13.5. The molecule has 1 aliphatic rings. The minimum atomic E-state index is 0.0267. The van der Waals surface area contributed by atoms with Crippen molar-refractivity contribution in [3.63, 3.8) is 0 Å². The van der Waals surface area contributed by atoms with Gasteiger partial charge in [-0.1, -0.05) is 21.1 Å². The lowest BCUT2D eigenvalue weighted by atomic mass is 9.87. The summed E-state index contributed by atoms with van der Waals surface area (Å²) in [6.07, 6.45) is 0.768. The Balaban J connectivity index is 1.72. The third-order valence-corrected chi connectivity index (χ3v) is 6.35. The SMILES string of the molecule is COc1cc(CN2CCc3c(cc(CBr)cc3-c3c(C)noc3C)C2=O)cc(OC)c1. The molecule has 2 heterocycles. The number of hydrogen-bond acceptors (Lipinski definition) is 5. The molecule has 2 aromatic carbocycles. The van der Waals surface area contributed by atoms with E-state index in [1.807, 2.05) is 43.0 Å². The van der Waals surface area contributed by atoms with Crippen LogP contribution in [0.1, 0.15) is 38.5 Å². The molecule has 4 rings (SSSR count). The zero-order chi connectivity index (χ0) is 22.1. The van der Waals surface area contributed by atoms with E-state index in [2.05, 4.69) is 27.2 Å². The van der Waals surface area contributed by atoms with Crippen molar-refractivity contribution in [1.82, 2.24) is 10.1 Å². The van der Waals surface area contributed by atoms with E-state index in [-0.39, 0.29) is 5.91 Å². The Morgan fingerprint density at radius 3 is 2.29 bits per heavy atom. The average Bonchev–Trinajstić information content (AvgIpc) is 3.12. The van der Waals surface area contributed by atoms with Crippen molar-refractivity contribution >= 4 is 21.8 Å². The van der Waals surface area contributed by atoms with Gasteiger partial charge in [0.05, 0.1) is 19.9 Å². The summed E-state index contributed by atoms with van der Waals surface area (Å²) in [5.41, 5.74) is 6.68. The van der Waals surface area contributed by atoms with Crippen LogP contribution in [0, 0.1) is 13.8 Å². The standard InChI is InChI=1S/C24H25BrN2O4/c1-14-23(15(2)31-26-14)21-9-16(12-25)10-22-20(21)5-6-27(24(22)28)13-17-7-18(29-3)11-19(8-17)30-4/h7-11H,5-6,12-13H2,1-4H3. The molecular formula is C24H25BrN2O4. The highest BCUT2D eigenvalue weighted by atomic mass is 79.9. The molecule has 7 heteroatoms. The maximum absolute atomic E-state index is 13.5. The number of methoxy groups -OCH3 is 2. The molecule has 0 fully saturated rings. The third-order valence-electron chi connectivity index (χ3n) is 5.70. The Labute approximate surface area is 190 Å². The fraction of sp³-hybridized carbons (Fsp3) is 0.333. The molecule has 0 atom stereocenters. The second-order valence-electron chi connectivity index (χ2n) is 7.70. The summed E-state index contributed by atoms with van der Waals surface area (Å²) < 4.78 is 16.2. The van der Waals surface area contributed by atoms with E-state index in [0.717, 1.165) is 51.3 Å². The van der Waals surface area contributed by atoms with E-state index in [9.17, 15) is 4.79 Å². The van der Waals surface area contributed by atoms with Crippen molar-refractivity contribution in [1.29, 1.82) is 0 Å². The molecule has 0 N–H and O–H groups in total. The lowest BCUT2D eigenvalue weighted by Gasteiger charge is -2.30. The minimum Gasteiger partial charge on any atom is -0.497 e. The summed E-state index contributed by atoms with van der Waals surface area (Å²) >= 11 is 3.55. The van der Waals surface area contributed by atoms with Gasteiger partial charge in [-0.25, -0.2) is 0 Å². The van der Waals surface area contributed by atoms with E-state index in [4.69, 9.17) is 14.0 Å². The van der Waals surface area contributed by atoms with Gasteiger partial charge in [0.15, 0.2) is 0 Å². The van der Waals surface area contributed by atoms with Crippen LogP contribution < -0.4 is 9.47 Å². The van der Waals surface area contributed by atoms with Crippen LogP contribution in [0.3, 0.4) is 0 Å². The van der Waals surface area contributed by atoms with E-state index < -0.39 is 0 Å². The fourth-order valence-electron chi connectivity index (χ4n) is 4.21. The zero-order valence-corrected chi connectivity index (χ0v) is 19.7. The molecule has 0 radical (unpaired) electrons. The number of nitrogens with zero attached hydrogens (tertiary/aromatic N) is 2. The summed E-state index contributed by atoms with van der Waals surface area (Å²) in [6.45, 7) is 4.97. The van der Waals surface area contributed by atoms with Gasteiger partial charge >= 0.3 is 0 Å². The predicted molar refractivity (Wildman–Crippen MR) is 122 cm³/mol. The highest BCUT2D eigenvalue weighted by Crippen LogP contribution is 2.36. The molecular weight excluding hydrogens is 460 g/mol. The van der Waals surface area contributed by atoms with Crippen molar-refractivity contribution in [2.75, 3.05) is 20.8 Å². The van der Waals surface area contributed by atoms with Gasteiger partial charge in [0.2, 0.25) is 0 Å². The molecule has 0 saturated heterocycles. The number of benzene rings is 2. The molecule has 0 spiro atoms. The zero-order valence-electron chi connectivity index (χ0n) is 18.1. The summed E-state index contributed by atoms with van der Waals surface area (Å²) in [6, 6.07) is 9.84. The van der Waals surface area contributed by atoms with Crippen molar-refractivity contribution in [3.05, 3.63) is 64.0 Å². The molecule has 0 bridgehead atoms. The minimum absolute atomic E-state index is 0.0267. The Morgan fingerprint density at radius 1 is 1.03 bits per heavy atom. The Kier molecular flexibility index (Phi) is 6.05. The number of halogens is 1. The number of amides is 1. The van der Waals surface area contributed by atoms with Crippen LogP contribution in [0.5, 0.6) is 11.5 Å². The van der Waals surface area contributed by atoms with Crippen molar-refractivity contribution < 1.29 is 18.8 Å². The van der Waals surface area contributed by atoms with Gasteiger partial charge in [0.1, 0.15) is 17.3 Å². The van der Waals surface area contributed by atoms with E-state index >= 15 is 0 Å². The lowest BCUT2D eigenvalue weighted by Crippen LogP contribution is -2.37. The van der Waals surface area contributed by atoms with Gasteiger partial charge in [-0.3, -0.25) is 4.79 Å². The largest absolute Gasteiger partial charge is 0.497 e.